The first-order valence-corrected chi connectivity index (χ1v) is 5.54. The molecule has 0 unspecified atom stereocenters. The predicted molar refractivity (Wildman–Crippen MR) is 63.4 cm³/mol. The average Bonchev–Trinajstić information content (AvgIpc) is 2.16. The van der Waals surface area contributed by atoms with Gasteiger partial charge in [-0.1, -0.05) is 25.4 Å². The summed E-state index contributed by atoms with van der Waals surface area (Å²) in [6.45, 7) is 4.66. The minimum absolute atomic E-state index is 0.146. The highest BCUT2D eigenvalue weighted by atomic mass is 35.5. The molecule has 0 amide bonds. The molecule has 0 radical (unpaired) electrons. The first-order chi connectivity index (χ1) is 7.50. The lowest BCUT2D eigenvalue weighted by Crippen LogP contribution is -2.06. The van der Waals surface area contributed by atoms with Crippen molar-refractivity contribution in [1.29, 1.82) is 0 Å². The summed E-state index contributed by atoms with van der Waals surface area (Å²) in [5.74, 6) is -0.149. The molecule has 16 heavy (non-hydrogen) atoms. The zero-order valence-corrected chi connectivity index (χ0v) is 10.1. The van der Waals surface area contributed by atoms with E-state index in [1.807, 2.05) is 0 Å². The lowest BCUT2D eigenvalue weighted by Gasteiger charge is -2.10. The highest BCUT2D eigenvalue weighted by Gasteiger charge is 2.11. The van der Waals surface area contributed by atoms with Crippen molar-refractivity contribution in [2.24, 2.45) is 5.92 Å². The monoisotopic (exact) mass is 242 g/mol. The van der Waals surface area contributed by atoms with Gasteiger partial charge >= 0.3 is 5.97 Å². The van der Waals surface area contributed by atoms with Crippen molar-refractivity contribution in [3.63, 3.8) is 0 Å². The Morgan fingerprint density at radius 2 is 2.19 bits per heavy atom. The summed E-state index contributed by atoms with van der Waals surface area (Å²) < 4.78 is 5.42. The molecule has 0 atom stereocenters. The maximum Gasteiger partial charge on any atom is 0.339 e. The van der Waals surface area contributed by atoms with Crippen LogP contribution in [0.3, 0.4) is 0 Å². The summed E-state index contributed by atoms with van der Waals surface area (Å²) >= 11 is 5.79. The predicted octanol–water partition coefficient (Wildman–Crippen LogP) is 3.46. The maximum absolute atomic E-state index is 10.9. The van der Waals surface area contributed by atoms with Crippen LogP contribution in [0, 0.1) is 5.92 Å². The second-order valence-corrected chi connectivity index (χ2v) is 4.41. The van der Waals surface area contributed by atoms with Gasteiger partial charge in [0.2, 0.25) is 0 Å². The third-order valence-corrected chi connectivity index (χ3v) is 2.36. The number of aromatic carboxylic acids is 1. The summed E-state index contributed by atoms with van der Waals surface area (Å²) in [5.41, 5.74) is 0.146. The molecule has 0 fully saturated rings. The number of hydrogen-bond donors (Lipinski definition) is 1. The van der Waals surface area contributed by atoms with Gasteiger partial charge in [-0.2, -0.15) is 0 Å². The van der Waals surface area contributed by atoms with Gasteiger partial charge in [0.05, 0.1) is 6.61 Å². The largest absolute Gasteiger partial charge is 0.493 e. The molecule has 0 bridgehead atoms. The Kier molecular flexibility index (Phi) is 4.62. The van der Waals surface area contributed by atoms with E-state index in [1.165, 1.54) is 12.1 Å². The van der Waals surface area contributed by atoms with E-state index >= 15 is 0 Å². The van der Waals surface area contributed by atoms with Gasteiger partial charge in [-0.25, -0.2) is 4.79 Å². The van der Waals surface area contributed by atoms with Crippen LogP contribution in [0.2, 0.25) is 5.02 Å². The van der Waals surface area contributed by atoms with E-state index in [0.29, 0.717) is 23.3 Å². The van der Waals surface area contributed by atoms with Gasteiger partial charge in [-0.05, 0) is 30.5 Å². The lowest BCUT2D eigenvalue weighted by molar-refractivity contribution is 0.0692. The summed E-state index contributed by atoms with van der Waals surface area (Å²) in [5, 5.41) is 9.42. The Labute approximate surface area is 100.0 Å². The number of carboxylic acid groups (broad SMARTS) is 1. The number of benzene rings is 1. The molecule has 0 aromatic heterocycles. The van der Waals surface area contributed by atoms with Crippen molar-refractivity contribution in [2.45, 2.75) is 20.3 Å². The minimum atomic E-state index is -1.00. The number of hydrogen-bond acceptors (Lipinski definition) is 2. The first-order valence-electron chi connectivity index (χ1n) is 5.16. The van der Waals surface area contributed by atoms with Crippen LogP contribution in [0.15, 0.2) is 18.2 Å². The van der Waals surface area contributed by atoms with Crippen LogP contribution in [-0.2, 0) is 0 Å². The summed E-state index contributed by atoms with van der Waals surface area (Å²) in [6.07, 6.45) is 0.881. The fraction of sp³-hybridized carbons (Fsp3) is 0.417. The van der Waals surface area contributed by atoms with E-state index in [1.54, 1.807) is 6.07 Å². The van der Waals surface area contributed by atoms with Crippen LogP contribution < -0.4 is 4.74 Å². The van der Waals surface area contributed by atoms with Gasteiger partial charge in [-0.15, -0.1) is 0 Å². The molecule has 0 aliphatic carbocycles. The molecular formula is C12H15ClO3. The zero-order valence-electron chi connectivity index (χ0n) is 9.37. The molecule has 0 aliphatic rings. The van der Waals surface area contributed by atoms with Crippen molar-refractivity contribution >= 4 is 17.6 Å². The Hall–Kier alpha value is -1.22. The molecule has 1 rings (SSSR count). The quantitative estimate of drug-likeness (QED) is 0.860. The molecular weight excluding hydrogens is 228 g/mol. The van der Waals surface area contributed by atoms with Crippen molar-refractivity contribution in [3.8, 4) is 5.75 Å². The molecule has 4 heteroatoms. The minimum Gasteiger partial charge on any atom is -0.493 e. The molecule has 3 nitrogen and oxygen atoms in total. The zero-order chi connectivity index (χ0) is 12.1. The van der Waals surface area contributed by atoms with Crippen LogP contribution in [0.25, 0.3) is 0 Å². The first kappa shape index (κ1) is 12.8. The topological polar surface area (TPSA) is 46.5 Å². The normalized spacial score (nSPS) is 10.5. The molecule has 1 N–H and O–H groups in total. The third kappa shape index (κ3) is 3.74. The van der Waals surface area contributed by atoms with Crippen molar-refractivity contribution in [1.82, 2.24) is 0 Å². The summed E-state index contributed by atoms with van der Waals surface area (Å²) in [4.78, 5) is 10.9. The van der Waals surface area contributed by atoms with E-state index in [0.717, 1.165) is 6.42 Å². The number of carbonyl (C=O) groups is 1. The van der Waals surface area contributed by atoms with E-state index in [4.69, 9.17) is 21.4 Å². The van der Waals surface area contributed by atoms with Gasteiger partial charge in [0, 0.05) is 5.02 Å². The molecule has 0 saturated carbocycles. The van der Waals surface area contributed by atoms with Gasteiger partial charge in [0.15, 0.2) is 0 Å². The number of carboxylic acids is 1. The van der Waals surface area contributed by atoms with Gasteiger partial charge in [-0.3, -0.25) is 0 Å². The third-order valence-electron chi connectivity index (χ3n) is 2.13. The van der Waals surface area contributed by atoms with Gasteiger partial charge < -0.3 is 9.84 Å². The molecule has 1 aromatic carbocycles. The number of ether oxygens (including phenoxy) is 1. The van der Waals surface area contributed by atoms with Crippen molar-refractivity contribution in [2.75, 3.05) is 6.61 Å². The molecule has 0 aliphatic heterocycles. The molecule has 0 saturated heterocycles. The SMILES string of the molecule is CC(C)CCOc1cc(Cl)ccc1C(=O)O. The fourth-order valence-corrected chi connectivity index (χ4v) is 1.36. The Balaban J connectivity index is 2.76. The molecule has 0 heterocycles. The highest BCUT2D eigenvalue weighted by molar-refractivity contribution is 6.30. The lowest BCUT2D eigenvalue weighted by atomic mass is 10.1. The summed E-state index contributed by atoms with van der Waals surface area (Å²) in [7, 11) is 0. The second kappa shape index (κ2) is 5.75. The molecule has 0 spiro atoms. The van der Waals surface area contributed by atoms with Crippen LogP contribution in [0.5, 0.6) is 5.75 Å². The Bertz CT molecular complexity index is 375. The smallest absolute Gasteiger partial charge is 0.339 e. The fourth-order valence-electron chi connectivity index (χ4n) is 1.20. The van der Waals surface area contributed by atoms with Crippen LogP contribution in [-0.4, -0.2) is 17.7 Å². The second-order valence-electron chi connectivity index (χ2n) is 3.98. The average molecular weight is 243 g/mol. The highest BCUT2D eigenvalue weighted by Crippen LogP contribution is 2.23. The van der Waals surface area contributed by atoms with E-state index in [-0.39, 0.29) is 5.56 Å². The Morgan fingerprint density at radius 3 is 2.75 bits per heavy atom. The summed E-state index contributed by atoms with van der Waals surface area (Å²) in [6, 6.07) is 4.53. The van der Waals surface area contributed by atoms with E-state index in [9.17, 15) is 4.79 Å². The van der Waals surface area contributed by atoms with Crippen molar-refractivity contribution in [3.05, 3.63) is 28.8 Å². The van der Waals surface area contributed by atoms with Gasteiger partial charge in [0.25, 0.3) is 0 Å². The Morgan fingerprint density at radius 1 is 1.50 bits per heavy atom. The van der Waals surface area contributed by atoms with Crippen molar-refractivity contribution < 1.29 is 14.6 Å². The number of rotatable bonds is 5. The molecule has 1 aromatic rings. The van der Waals surface area contributed by atoms with E-state index in [2.05, 4.69) is 13.8 Å². The van der Waals surface area contributed by atoms with Crippen LogP contribution in [0.4, 0.5) is 0 Å². The van der Waals surface area contributed by atoms with E-state index < -0.39 is 5.97 Å². The molecule has 88 valence electrons. The van der Waals surface area contributed by atoms with Crippen LogP contribution >= 0.6 is 11.6 Å². The number of halogens is 1. The standard InChI is InChI=1S/C12H15ClO3/c1-8(2)5-6-16-11-7-9(13)3-4-10(11)12(14)15/h3-4,7-8H,5-6H2,1-2H3,(H,14,15). The van der Waals surface area contributed by atoms with Gasteiger partial charge in [0.1, 0.15) is 11.3 Å². The van der Waals surface area contributed by atoms with Crippen LogP contribution in [0.1, 0.15) is 30.6 Å². The maximum atomic E-state index is 10.9.